The molecule has 2 aromatic heterocycles. The Hall–Kier alpha value is -3.37. The van der Waals surface area contributed by atoms with E-state index in [0.717, 1.165) is 68.5 Å². The summed E-state index contributed by atoms with van der Waals surface area (Å²) in [5.41, 5.74) is 3.00. The van der Waals surface area contributed by atoms with Gasteiger partial charge in [-0.3, -0.25) is 4.79 Å². The number of aromatic nitrogens is 2. The van der Waals surface area contributed by atoms with Crippen molar-refractivity contribution in [3.05, 3.63) is 58.5 Å². The molecule has 158 valence electrons. The van der Waals surface area contributed by atoms with Crippen LogP contribution in [0.3, 0.4) is 0 Å². The van der Waals surface area contributed by atoms with E-state index in [4.69, 9.17) is 0 Å². The Bertz CT molecular complexity index is 1180. The van der Waals surface area contributed by atoms with Crippen molar-refractivity contribution in [3.63, 3.8) is 0 Å². The van der Waals surface area contributed by atoms with Crippen LogP contribution in [0.2, 0.25) is 0 Å². The number of pyridine rings is 2. The molecule has 31 heavy (non-hydrogen) atoms. The highest BCUT2D eigenvalue weighted by Crippen LogP contribution is 2.32. The van der Waals surface area contributed by atoms with Gasteiger partial charge in [0, 0.05) is 61.2 Å². The fourth-order valence-electron chi connectivity index (χ4n) is 4.73. The Morgan fingerprint density at radius 2 is 1.84 bits per heavy atom. The Morgan fingerprint density at radius 1 is 1.10 bits per heavy atom. The third kappa shape index (κ3) is 3.87. The maximum atomic E-state index is 12.9. The topological polar surface area (TPSA) is 86.0 Å². The van der Waals surface area contributed by atoms with Gasteiger partial charge in [-0.15, -0.1) is 0 Å². The van der Waals surface area contributed by atoms with Crippen molar-refractivity contribution in [1.82, 2.24) is 14.9 Å². The molecule has 0 radical (unpaired) electrons. The lowest BCUT2D eigenvalue weighted by atomic mass is 10.1. The molecule has 1 aromatic carbocycles. The Morgan fingerprint density at radius 3 is 2.55 bits per heavy atom. The molecule has 0 spiro atoms. The molecular weight excluding hydrogens is 388 g/mol. The zero-order valence-corrected chi connectivity index (χ0v) is 17.5. The smallest absolute Gasteiger partial charge is 0.269 e. The summed E-state index contributed by atoms with van der Waals surface area (Å²) in [5.74, 6) is 0.693. The van der Waals surface area contributed by atoms with Gasteiger partial charge in [0.2, 0.25) is 0 Å². The van der Waals surface area contributed by atoms with Crippen LogP contribution in [0.15, 0.2) is 47.4 Å². The molecule has 0 bridgehead atoms. The third-order valence-corrected chi connectivity index (χ3v) is 6.35. The number of nitriles is 1. The first-order valence-corrected chi connectivity index (χ1v) is 11.0. The number of nitrogens with zero attached hydrogens (tertiary/aromatic N) is 4. The Balaban J connectivity index is 1.46. The minimum absolute atomic E-state index is 0.150. The van der Waals surface area contributed by atoms with Crippen LogP contribution >= 0.6 is 0 Å². The van der Waals surface area contributed by atoms with E-state index in [-0.39, 0.29) is 17.2 Å². The number of piperazine rings is 1. The Kier molecular flexibility index (Phi) is 5.31. The molecule has 5 rings (SSSR count). The summed E-state index contributed by atoms with van der Waals surface area (Å²) in [7, 11) is 0. The predicted octanol–water partition coefficient (Wildman–Crippen LogP) is 3.54. The molecule has 1 saturated carbocycles. The normalized spacial score (nSPS) is 17.1. The molecule has 3 heterocycles. The van der Waals surface area contributed by atoms with Gasteiger partial charge in [0.15, 0.2) is 0 Å². The quantitative estimate of drug-likeness (QED) is 0.679. The molecule has 0 atom stereocenters. The van der Waals surface area contributed by atoms with Crippen LogP contribution in [0.25, 0.3) is 10.9 Å². The van der Waals surface area contributed by atoms with E-state index in [1.165, 1.54) is 5.69 Å². The van der Waals surface area contributed by atoms with Gasteiger partial charge in [-0.1, -0.05) is 12.8 Å². The molecule has 1 saturated heterocycles. The van der Waals surface area contributed by atoms with Crippen LogP contribution in [-0.2, 0) is 0 Å². The number of benzene rings is 1. The Labute approximate surface area is 181 Å². The minimum atomic E-state index is -0.195. The fourth-order valence-corrected chi connectivity index (χ4v) is 4.73. The predicted molar refractivity (Wildman–Crippen MR) is 123 cm³/mol. The van der Waals surface area contributed by atoms with Gasteiger partial charge in [0.05, 0.1) is 5.52 Å². The highest BCUT2D eigenvalue weighted by Gasteiger charge is 2.22. The van der Waals surface area contributed by atoms with Crippen molar-refractivity contribution in [1.29, 1.82) is 5.26 Å². The highest BCUT2D eigenvalue weighted by atomic mass is 16.1. The first-order chi connectivity index (χ1) is 15.2. The van der Waals surface area contributed by atoms with Gasteiger partial charge in [-0.05, 0) is 43.2 Å². The first-order valence-electron chi connectivity index (χ1n) is 11.0. The SMILES string of the molecule is N#Cc1cc2cnc(Nc3ccc(N4CCNCC4)cc3)cc2n(C2CCCC2)c1=O. The van der Waals surface area contributed by atoms with Gasteiger partial charge < -0.3 is 20.1 Å². The van der Waals surface area contributed by atoms with Gasteiger partial charge in [0.25, 0.3) is 5.56 Å². The number of anilines is 3. The molecular formula is C24H26N6O. The van der Waals surface area contributed by atoms with Crippen molar-refractivity contribution >= 4 is 28.1 Å². The monoisotopic (exact) mass is 414 g/mol. The van der Waals surface area contributed by atoms with Gasteiger partial charge in [-0.2, -0.15) is 5.26 Å². The molecule has 0 amide bonds. The third-order valence-electron chi connectivity index (χ3n) is 6.35. The maximum Gasteiger partial charge on any atom is 0.269 e. The largest absolute Gasteiger partial charge is 0.369 e. The van der Waals surface area contributed by atoms with Crippen LogP contribution in [-0.4, -0.2) is 35.7 Å². The molecule has 2 N–H and O–H groups in total. The first kappa shape index (κ1) is 19.6. The minimum Gasteiger partial charge on any atom is -0.369 e. The second-order valence-electron chi connectivity index (χ2n) is 8.32. The zero-order chi connectivity index (χ0) is 21.2. The van der Waals surface area contributed by atoms with E-state index < -0.39 is 0 Å². The highest BCUT2D eigenvalue weighted by molar-refractivity contribution is 5.82. The summed E-state index contributed by atoms with van der Waals surface area (Å²) in [5, 5.41) is 17.0. The van der Waals surface area contributed by atoms with E-state index in [1.807, 2.05) is 10.6 Å². The van der Waals surface area contributed by atoms with Crippen molar-refractivity contribution in [3.8, 4) is 6.07 Å². The van der Waals surface area contributed by atoms with Crippen LogP contribution in [0.1, 0.15) is 37.3 Å². The van der Waals surface area contributed by atoms with Crippen molar-refractivity contribution in [2.45, 2.75) is 31.7 Å². The molecule has 1 aliphatic heterocycles. The van der Waals surface area contributed by atoms with Crippen molar-refractivity contribution in [2.75, 3.05) is 36.4 Å². The van der Waals surface area contributed by atoms with Crippen molar-refractivity contribution in [2.24, 2.45) is 0 Å². The lowest BCUT2D eigenvalue weighted by Gasteiger charge is -2.29. The number of hydrogen-bond donors (Lipinski definition) is 2. The number of rotatable bonds is 4. The van der Waals surface area contributed by atoms with E-state index in [1.54, 1.807) is 12.3 Å². The lowest BCUT2D eigenvalue weighted by Crippen LogP contribution is -2.43. The van der Waals surface area contributed by atoms with Crippen LogP contribution in [0.4, 0.5) is 17.2 Å². The average Bonchev–Trinajstić information content (AvgIpc) is 3.34. The van der Waals surface area contributed by atoms with E-state index in [9.17, 15) is 10.1 Å². The van der Waals surface area contributed by atoms with Gasteiger partial charge >= 0.3 is 0 Å². The van der Waals surface area contributed by atoms with Gasteiger partial charge in [0.1, 0.15) is 17.5 Å². The summed E-state index contributed by atoms with van der Waals surface area (Å²) in [6, 6.07) is 14.2. The summed E-state index contributed by atoms with van der Waals surface area (Å²) in [4.78, 5) is 19.9. The molecule has 3 aromatic rings. The molecule has 0 unspecified atom stereocenters. The van der Waals surface area contributed by atoms with Crippen LogP contribution < -0.4 is 21.1 Å². The van der Waals surface area contributed by atoms with E-state index in [2.05, 4.69) is 50.9 Å². The number of fused-ring (bicyclic) bond motifs is 1. The fraction of sp³-hybridized carbons (Fsp3) is 0.375. The average molecular weight is 415 g/mol. The summed E-state index contributed by atoms with van der Waals surface area (Å²) < 4.78 is 1.82. The maximum absolute atomic E-state index is 12.9. The molecule has 7 heteroatoms. The summed E-state index contributed by atoms with van der Waals surface area (Å²) in [6.45, 7) is 4.05. The number of hydrogen-bond acceptors (Lipinski definition) is 6. The summed E-state index contributed by atoms with van der Waals surface area (Å²) >= 11 is 0. The van der Waals surface area contributed by atoms with Crippen LogP contribution in [0.5, 0.6) is 0 Å². The van der Waals surface area contributed by atoms with Crippen molar-refractivity contribution < 1.29 is 0 Å². The second kappa shape index (κ2) is 8.40. The lowest BCUT2D eigenvalue weighted by molar-refractivity contribution is 0.519. The second-order valence-corrected chi connectivity index (χ2v) is 8.32. The zero-order valence-electron chi connectivity index (χ0n) is 17.5. The van der Waals surface area contributed by atoms with E-state index >= 15 is 0 Å². The molecule has 1 aliphatic carbocycles. The molecule has 2 aliphatic rings. The number of nitrogens with one attached hydrogen (secondary N) is 2. The van der Waals surface area contributed by atoms with E-state index in [0.29, 0.717) is 5.82 Å². The van der Waals surface area contributed by atoms with Crippen LogP contribution in [0, 0.1) is 11.3 Å². The molecule has 7 nitrogen and oxygen atoms in total. The summed E-state index contributed by atoms with van der Waals surface area (Å²) in [6.07, 6.45) is 5.93. The molecule has 2 fully saturated rings. The van der Waals surface area contributed by atoms with Gasteiger partial charge in [-0.25, -0.2) is 4.98 Å². The standard InChI is InChI=1S/C24H26N6O/c25-15-17-13-18-16-27-23(14-22(18)30(24(17)31)21-3-1-2-4-21)28-19-5-7-20(8-6-19)29-11-9-26-10-12-29/h5-8,13-14,16,21,26H,1-4,9-12H2,(H,27,28).